The molecule has 2 heteroatoms. The number of nitriles is 1. The zero-order valence-electron chi connectivity index (χ0n) is 12.5. The normalized spacial score (nSPS) is 20.1. The average Bonchev–Trinajstić information content (AvgIpc) is 2.63. The van der Waals surface area contributed by atoms with Crippen molar-refractivity contribution in [3.05, 3.63) is 0 Å². The highest BCUT2D eigenvalue weighted by Gasteiger charge is 2.19. The fourth-order valence-electron chi connectivity index (χ4n) is 2.89. The molecule has 1 atom stereocenters. The number of nitrogens with one attached hydrogen (secondary N) is 1. The second-order valence-corrected chi connectivity index (χ2v) is 6.59. The molecule has 0 aromatic heterocycles. The van der Waals surface area contributed by atoms with Gasteiger partial charge in [-0.1, -0.05) is 25.7 Å². The van der Waals surface area contributed by atoms with Gasteiger partial charge >= 0.3 is 0 Å². The number of hydrogen-bond donors (Lipinski definition) is 1. The molecule has 1 fully saturated rings. The molecule has 0 saturated heterocycles. The van der Waals surface area contributed by atoms with E-state index in [4.69, 9.17) is 5.26 Å². The molecule has 0 heterocycles. The molecule has 1 saturated carbocycles. The van der Waals surface area contributed by atoms with E-state index in [1.54, 1.807) is 0 Å². The van der Waals surface area contributed by atoms with E-state index in [1.807, 2.05) is 13.8 Å². The summed E-state index contributed by atoms with van der Waals surface area (Å²) in [6.45, 7) is 7.46. The molecular formula is C16H30N2. The van der Waals surface area contributed by atoms with Crippen LogP contribution in [0.4, 0.5) is 0 Å². The van der Waals surface area contributed by atoms with E-state index in [-0.39, 0.29) is 5.41 Å². The zero-order valence-corrected chi connectivity index (χ0v) is 12.5. The van der Waals surface area contributed by atoms with E-state index < -0.39 is 0 Å². The maximum absolute atomic E-state index is 8.97. The van der Waals surface area contributed by atoms with Gasteiger partial charge in [0.15, 0.2) is 0 Å². The van der Waals surface area contributed by atoms with Gasteiger partial charge < -0.3 is 5.32 Å². The van der Waals surface area contributed by atoms with Gasteiger partial charge in [0.05, 0.1) is 11.5 Å². The monoisotopic (exact) mass is 250 g/mol. The smallest absolute Gasteiger partial charge is 0.0683 e. The summed E-state index contributed by atoms with van der Waals surface area (Å²) in [6.07, 6.45) is 10.6. The van der Waals surface area contributed by atoms with Crippen LogP contribution in [0.5, 0.6) is 0 Å². The van der Waals surface area contributed by atoms with Crippen LogP contribution in [0, 0.1) is 22.7 Å². The lowest BCUT2D eigenvalue weighted by atomic mass is 9.89. The SMILES string of the molecule is C[C@@H](NCCCC(C)(C)C#N)C1CCCCCC1. The Labute approximate surface area is 113 Å². The second kappa shape index (κ2) is 7.79. The second-order valence-electron chi connectivity index (χ2n) is 6.59. The van der Waals surface area contributed by atoms with Crippen LogP contribution in [0.2, 0.25) is 0 Å². The van der Waals surface area contributed by atoms with Crippen LogP contribution in [0.1, 0.15) is 72.1 Å². The lowest BCUT2D eigenvalue weighted by Gasteiger charge is -2.24. The highest BCUT2D eigenvalue weighted by Crippen LogP contribution is 2.25. The summed E-state index contributed by atoms with van der Waals surface area (Å²) in [7, 11) is 0. The van der Waals surface area contributed by atoms with Gasteiger partial charge in [-0.3, -0.25) is 0 Å². The van der Waals surface area contributed by atoms with Gasteiger partial charge in [-0.2, -0.15) is 5.26 Å². The number of nitrogens with zero attached hydrogens (tertiary/aromatic N) is 1. The van der Waals surface area contributed by atoms with Crippen molar-refractivity contribution in [3.63, 3.8) is 0 Å². The highest BCUT2D eigenvalue weighted by atomic mass is 14.9. The Bertz CT molecular complexity index is 257. The minimum atomic E-state index is -0.159. The predicted molar refractivity (Wildman–Crippen MR) is 77.3 cm³/mol. The van der Waals surface area contributed by atoms with E-state index in [1.165, 1.54) is 38.5 Å². The van der Waals surface area contributed by atoms with Crippen LogP contribution < -0.4 is 5.32 Å². The van der Waals surface area contributed by atoms with Crippen LogP contribution in [-0.4, -0.2) is 12.6 Å². The van der Waals surface area contributed by atoms with Crippen LogP contribution >= 0.6 is 0 Å². The number of rotatable bonds is 6. The molecule has 2 nitrogen and oxygen atoms in total. The summed E-state index contributed by atoms with van der Waals surface area (Å²) in [6, 6.07) is 3.02. The Morgan fingerprint density at radius 3 is 2.39 bits per heavy atom. The largest absolute Gasteiger partial charge is 0.314 e. The molecule has 0 spiro atoms. The molecule has 0 radical (unpaired) electrons. The Hall–Kier alpha value is -0.550. The summed E-state index contributed by atoms with van der Waals surface area (Å²) in [5, 5.41) is 12.6. The van der Waals surface area contributed by atoms with Crippen LogP contribution in [-0.2, 0) is 0 Å². The van der Waals surface area contributed by atoms with E-state index in [2.05, 4.69) is 18.3 Å². The lowest BCUT2D eigenvalue weighted by Crippen LogP contribution is -2.34. The van der Waals surface area contributed by atoms with Gasteiger partial charge in [0.25, 0.3) is 0 Å². The van der Waals surface area contributed by atoms with Gasteiger partial charge in [-0.25, -0.2) is 0 Å². The molecule has 1 rings (SSSR count). The molecule has 104 valence electrons. The minimum absolute atomic E-state index is 0.159. The third-order valence-electron chi connectivity index (χ3n) is 4.35. The van der Waals surface area contributed by atoms with Crippen molar-refractivity contribution in [1.29, 1.82) is 5.26 Å². The standard InChI is InChI=1S/C16H30N2/c1-14(15-9-6-4-5-7-10-15)18-12-8-11-16(2,3)13-17/h14-15,18H,4-12H2,1-3H3/t14-/m1/s1. The Morgan fingerprint density at radius 1 is 1.22 bits per heavy atom. The molecule has 0 aromatic rings. The van der Waals surface area contributed by atoms with Crippen molar-refractivity contribution in [2.24, 2.45) is 11.3 Å². The van der Waals surface area contributed by atoms with Gasteiger partial charge in [-0.15, -0.1) is 0 Å². The van der Waals surface area contributed by atoms with Gasteiger partial charge in [0.1, 0.15) is 0 Å². The zero-order chi connectivity index (χ0) is 13.4. The van der Waals surface area contributed by atoms with Crippen molar-refractivity contribution in [2.75, 3.05) is 6.54 Å². The number of hydrogen-bond acceptors (Lipinski definition) is 2. The van der Waals surface area contributed by atoms with Gasteiger partial charge in [-0.05, 0) is 58.9 Å². The van der Waals surface area contributed by atoms with Gasteiger partial charge in [0.2, 0.25) is 0 Å². The molecule has 1 aliphatic rings. The molecule has 0 amide bonds. The Balaban J connectivity index is 2.16. The topological polar surface area (TPSA) is 35.8 Å². The first-order valence-electron chi connectivity index (χ1n) is 7.70. The summed E-state index contributed by atoms with van der Waals surface area (Å²) in [5.41, 5.74) is -0.159. The molecule has 0 aliphatic heterocycles. The molecular weight excluding hydrogens is 220 g/mol. The molecule has 18 heavy (non-hydrogen) atoms. The van der Waals surface area contributed by atoms with E-state index in [0.29, 0.717) is 6.04 Å². The van der Waals surface area contributed by atoms with Crippen LogP contribution in [0.3, 0.4) is 0 Å². The maximum atomic E-state index is 8.97. The van der Waals surface area contributed by atoms with Crippen LogP contribution in [0.25, 0.3) is 0 Å². The molecule has 0 bridgehead atoms. The van der Waals surface area contributed by atoms with Gasteiger partial charge in [0, 0.05) is 6.04 Å². The molecule has 0 unspecified atom stereocenters. The summed E-state index contributed by atoms with van der Waals surface area (Å²) in [5.74, 6) is 0.872. The third-order valence-corrected chi connectivity index (χ3v) is 4.35. The first-order chi connectivity index (χ1) is 8.55. The first kappa shape index (κ1) is 15.5. The summed E-state index contributed by atoms with van der Waals surface area (Å²) < 4.78 is 0. The predicted octanol–water partition coefficient (Wildman–Crippen LogP) is 4.26. The van der Waals surface area contributed by atoms with E-state index in [0.717, 1.165) is 25.3 Å². The van der Waals surface area contributed by atoms with Crippen LogP contribution in [0.15, 0.2) is 0 Å². The maximum Gasteiger partial charge on any atom is 0.0683 e. The van der Waals surface area contributed by atoms with Crippen molar-refractivity contribution in [3.8, 4) is 6.07 Å². The third kappa shape index (κ3) is 5.87. The van der Waals surface area contributed by atoms with Crippen molar-refractivity contribution in [2.45, 2.75) is 78.2 Å². The highest BCUT2D eigenvalue weighted by molar-refractivity contribution is 4.91. The molecule has 1 aliphatic carbocycles. The van der Waals surface area contributed by atoms with Crippen molar-refractivity contribution < 1.29 is 0 Å². The fraction of sp³-hybridized carbons (Fsp3) is 0.938. The first-order valence-corrected chi connectivity index (χ1v) is 7.70. The Kier molecular flexibility index (Phi) is 6.71. The van der Waals surface area contributed by atoms with E-state index >= 15 is 0 Å². The lowest BCUT2D eigenvalue weighted by molar-refractivity contribution is 0.328. The molecule has 1 N–H and O–H groups in total. The minimum Gasteiger partial charge on any atom is -0.314 e. The summed E-state index contributed by atoms with van der Waals surface area (Å²) in [4.78, 5) is 0. The quantitative estimate of drug-likeness (QED) is 0.564. The average molecular weight is 250 g/mol. The Morgan fingerprint density at radius 2 is 1.83 bits per heavy atom. The van der Waals surface area contributed by atoms with Crippen molar-refractivity contribution in [1.82, 2.24) is 5.32 Å². The molecule has 0 aromatic carbocycles. The fourth-order valence-corrected chi connectivity index (χ4v) is 2.89. The van der Waals surface area contributed by atoms with Crippen molar-refractivity contribution >= 4 is 0 Å². The van der Waals surface area contributed by atoms with E-state index in [9.17, 15) is 0 Å². The summed E-state index contributed by atoms with van der Waals surface area (Å²) >= 11 is 0.